The molecule has 0 saturated carbocycles. The quantitative estimate of drug-likeness (QED) is 0.817. The first kappa shape index (κ1) is 16.2. The Hall–Kier alpha value is -1.22. The van der Waals surface area contributed by atoms with Crippen molar-refractivity contribution in [2.24, 2.45) is 5.92 Å². The lowest BCUT2D eigenvalue weighted by Crippen LogP contribution is -2.37. The minimum absolute atomic E-state index is 0.653. The highest BCUT2D eigenvalue weighted by Crippen LogP contribution is 2.32. The minimum Gasteiger partial charge on any atom is -0.489 e. The van der Waals surface area contributed by atoms with Crippen LogP contribution in [0.3, 0.4) is 0 Å². The van der Waals surface area contributed by atoms with E-state index in [0.717, 1.165) is 37.7 Å². The zero-order valence-electron chi connectivity index (χ0n) is 14.0. The van der Waals surface area contributed by atoms with Crippen LogP contribution in [0.1, 0.15) is 46.1 Å². The number of nitrogens with zero attached hydrogens (tertiary/aromatic N) is 1. The van der Waals surface area contributed by atoms with E-state index in [4.69, 9.17) is 4.74 Å². The maximum atomic E-state index is 5.92. The van der Waals surface area contributed by atoms with Crippen LogP contribution in [0.4, 0.5) is 5.69 Å². The van der Waals surface area contributed by atoms with E-state index in [1.165, 1.54) is 18.4 Å². The van der Waals surface area contributed by atoms with Gasteiger partial charge in [-0.2, -0.15) is 0 Å². The van der Waals surface area contributed by atoms with Crippen molar-refractivity contribution in [2.75, 3.05) is 25.0 Å². The molecule has 0 amide bonds. The van der Waals surface area contributed by atoms with Crippen LogP contribution in [0.2, 0.25) is 0 Å². The van der Waals surface area contributed by atoms with Crippen LogP contribution in [0, 0.1) is 5.92 Å². The van der Waals surface area contributed by atoms with Gasteiger partial charge in [0.15, 0.2) is 0 Å². The van der Waals surface area contributed by atoms with Crippen LogP contribution in [0.15, 0.2) is 18.2 Å². The molecule has 0 unspecified atom stereocenters. The van der Waals surface area contributed by atoms with Gasteiger partial charge in [0.25, 0.3) is 0 Å². The van der Waals surface area contributed by atoms with Crippen molar-refractivity contribution >= 4 is 5.69 Å². The SMILES string of the molecule is CCC(CC)N(Cc1cccc2c1OCCN2)CC(C)C. The lowest BCUT2D eigenvalue weighted by molar-refractivity contribution is 0.155. The molecule has 0 atom stereocenters. The van der Waals surface area contributed by atoms with Crippen molar-refractivity contribution in [3.63, 3.8) is 0 Å². The number of hydrogen-bond acceptors (Lipinski definition) is 3. The molecule has 1 aromatic carbocycles. The maximum Gasteiger partial charge on any atom is 0.146 e. The molecule has 1 aromatic rings. The smallest absolute Gasteiger partial charge is 0.146 e. The standard InChI is InChI=1S/C18H30N2O/c1-5-16(6-2)20(12-14(3)4)13-15-8-7-9-17-18(15)21-11-10-19-17/h7-9,14,16,19H,5-6,10-13H2,1-4H3. The molecule has 3 heteroatoms. The van der Waals surface area contributed by atoms with Gasteiger partial charge in [0.1, 0.15) is 12.4 Å². The lowest BCUT2D eigenvalue weighted by Gasteiger charge is -2.33. The lowest BCUT2D eigenvalue weighted by atomic mass is 10.0. The van der Waals surface area contributed by atoms with Gasteiger partial charge in [-0.3, -0.25) is 4.90 Å². The van der Waals surface area contributed by atoms with Gasteiger partial charge in [-0.15, -0.1) is 0 Å². The second-order valence-corrected chi connectivity index (χ2v) is 6.36. The summed E-state index contributed by atoms with van der Waals surface area (Å²) in [6, 6.07) is 7.11. The minimum atomic E-state index is 0.653. The molecule has 118 valence electrons. The van der Waals surface area contributed by atoms with Crippen molar-refractivity contribution in [2.45, 2.75) is 53.1 Å². The van der Waals surface area contributed by atoms with Crippen molar-refractivity contribution in [3.8, 4) is 5.75 Å². The second kappa shape index (κ2) is 7.69. The van der Waals surface area contributed by atoms with Gasteiger partial charge in [-0.25, -0.2) is 0 Å². The highest BCUT2D eigenvalue weighted by atomic mass is 16.5. The monoisotopic (exact) mass is 290 g/mol. The number of fused-ring (bicyclic) bond motifs is 1. The Balaban J connectivity index is 2.19. The van der Waals surface area contributed by atoms with Gasteiger partial charge in [0.05, 0.1) is 5.69 Å². The van der Waals surface area contributed by atoms with Gasteiger partial charge < -0.3 is 10.1 Å². The predicted molar refractivity (Wildman–Crippen MR) is 90.0 cm³/mol. The first-order valence-electron chi connectivity index (χ1n) is 8.38. The highest BCUT2D eigenvalue weighted by molar-refractivity contribution is 5.61. The van der Waals surface area contributed by atoms with E-state index in [2.05, 4.69) is 56.1 Å². The van der Waals surface area contributed by atoms with Gasteiger partial charge in [-0.05, 0) is 24.8 Å². The zero-order chi connectivity index (χ0) is 15.2. The number of rotatable bonds is 7. The van der Waals surface area contributed by atoms with E-state index in [1.807, 2.05) is 0 Å². The molecule has 1 aliphatic rings. The summed E-state index contributed by atoms with van der Waals surface area (Å²) >= 11 is 0. The van der Waals surface area contributed by atoms with Crippen LogP contribution in [-0.2, 0) is 6.54 Å². The summed E-state index contributed by atoms with van der Waals surface area (Å²) in [4.78, 5) is 2.62. The summed E-state index contributed by atoms with van der Waals surface area (Å²) in [5.74, 6) is 1.74. The maximum absolute atomic E-state index is 5.92. The van der Waals surface area contributed by atoms with E-state index in [-0.39, 0.29) is 0 Å². The van der Waals surface area contributed by atoms with Crippen LogP contribution >= 0.6 is 0 Å². The average Bonchev–Trinajstić information content (AvgIpc) is 2.48. The van der Waals surface area contributed by atoms with Crippen LogP contribution < -0.4 is 10.1 Å². The van der Waals surface area contributed by atoms with Gasteiger partial charge in [-0.1, -0.05) is 39.8 Å². The number of anilines is 1. The fourth-order valence-corrected chi connectivity index (χ4v) is 3.19. The first-order chi connectivity index (χ1) is 10.2. The largest absolute Gasteiger partial charge is 0.489 e. The molecule has 0 saturated heterocycles. The topological polar surface area (TPSA) is 24.5 Å². The third kappa shape index (κ3) is 4.13. The predicted octanol–water partition coefficient (Wildman–Crippen LogP) is 4.14. The Bertz CT molecular complexity index is 441. The Kier molecular flexibility index (Phi) is 5.92. The van der Waals surface area contributed by atoms with E-state index in [9.17, 15) is 0 Å². The molecule has 0 aliphatic carbocycles. The summed E-state index contributed by atoms with van der Waals surface area (Å²) in [5, 5.41) is 3.43. The molecule has 0 fully saturated rings. The van der Waals surface area contributed by atoms with Crippen LogP contribution in [-0.4, -0.2) is 30.6 Å². The highest BCUT2D eigenvalue weighted by Gasteiger charge is 2.20. The summed E-state index contributed by atoms with van der Waals surface area (Å²) < 4.78 is 5.92. The van der Waals surface area contributed by atoms with Crippen molar-refractivity contribution in [1.29, 1.82) is 0 Å². The van der Waals surface area contributed by atoms with Crippen molar-refractivity contribution in [3.05, 3.63) is 23.8 Å². The normalized spacial score (nSPS) is 14.2. The molecular weight excluding hydrogens is 260 g/mol. The van der Waals surface area contributed by atoms with Crippen LogP contribution in [0.5, 0.6) is 5.75 Å². The average molecular weight is 290 g/mol. The molecule has 0 spiro atoms. The van der Waals surface area contributed by atoms with Gasteiger partial charge in [0.2, 0.25) is 0 Å². The Morgan fingerprint density at radius 3 is 2.67 bits per heavy atom. The molecule has 1 heterocycles. The van der Waals surface area contributed by atoms with E-state index < -0.39 is 0 Å². The molecule has 0 aromatic heterocycles. The molecule has 3 nitrogen and oxygen atoms in total. The van der Waals surface area contributed by atoms with Gasteiger partial charge in [0, 0.05) is 31.2 Å². The number of benzene rings is 1. The van der Waals surface area contributed by atoms with E-state index in [0.29, 0.717) is 12.0 Å². The molecule has 1 aliphatic heterocycles. The van der Waals surface area contributed by atoms with Crippen molar-refractivity contribution < 1.29 is 4.74 Å². The number of nitrogens with one attached hydrogen (secondary N) is 1. The summed E-state index contributed by atoms with van der Waals surface area (Å²) in [7, 11) is 0. The number of hydrogen-bond donors (Lipinski definition) is 1. The summed E-state index contributed by atoms with van der Waals surface area (Å²) in [6.07, 6.45) is 2.41. The van der Waals surface area contributed by atoms with Crippen molar-refractivity contribution in [1.82, 2.24) is 4.90 Å². The third-order valence-corrected chi connectivity index (χ3v) is 4.19. The van der Waals surface area contributed by atoms with Crippen LogP contribution in [0.25, 0.3) is 0 Å². The Morgan fingerprint density at radius 1 is 1.24 bits per heavy atom. The summed E-state index contributed by atoms with van der Waals surface area (Å²) in [5.41, 5.74) is 2.46. The molecule has 0 bridgehead atoms. The van der Waals surface area contributed by atoms with E-state index in [1.54, 1.807) is 0 Å². The molecule has 0 radical (unpaired) electrons. The summed E-state index contributed by atoms with van der Waals surface area (Å²) in [6.45, 7) is 13.0. The van der Waals surface area contributed by atoms with E-state index >= 15 is 0 Å². The Labute approximate surface area is 129 Å². The third-order valence-electron chi connectivity index (χ3n) is 4.19. The first-order valence-corrected chi connectivity index (χ1v) is 8.38. The molecule has 1 N–H and O–H groups in total. The molecular formula is C18H30N2O. The van der Waals surface area contributed by atoms with Gasteiger partial charge >= 0.3 is 0 Å². The number of para-hydroxylation sites is 1. The second-order valence-electron chi connectivity index (χ2n) is 6.36. The fourth-order valence-electron chi connectivity index (χ4n) is 3.19. The molecule has 21 heavy (non-hydrogen) atoms. The fraction of sp³-hybridized carbons (Fsp3) is 0.667. The number of ether oxygens (including phenoxy) is 1. The zero-order valence-corrected chi connectivity index (χ0v) is 14.0. The Morgan fingerprint density at radius 2 is 2.00 bits per heavy atom. The molecule has 2 rings (SSSR count).